The molecule has 2 atom stereocenters. The number of carbonyl (C=O) groups excluding carboxylic acids is 3. The molecule has 3 rings (SSSR count). The lowest BCUT2D eigenvalue weighted by Crippen LogP contribution is -2.50. The van der Waals surface area contributed by atoms with E-state index < -0.39 is 22.0 Å². The molecule has 0 unspecified atom stereocenters. The summed E-state index contributed by atoms with van der Waals surface area (Å²) in [5, 5.41) is 2.93. The van der Waals surface area contributed by atoms with Crippen LogP contribution in [0.15, 0.2) is 59.5 Å². The van der Waals surface area contributed by atoms with Gasteiger partial charge in [-0.1, -0.05) is 49.4 Å². The van der Waals surface area contributed by atoms with E-state index >= 15 is 0 Å². The van der Waals surface area contributed by atoms with Crippen molar-refractivity contribution in [2.24, 2.45) is 0 Å². The average molecular weight is 500 g/mol. The zero-order valence-electron chi connectivity index (χ0n) is 20.4. The van der Waals surface area contributed by atoms with Gasteiger partial charge in [-0.15, -0.1) is 0 Å². The summed E-state index contributed by atoms with van der Waals surface area (Å²) in [6, 6.07) is 15.1. The fraction of sp³-hybridized carbons (Fsp3) is 0.423. The van der Waals surface area contributed by atoms with E-state index in [9.17, 15) is 22.8 Å². The van der Waals surface area contributed by atoms with E-state index in [4.69, 9.17) is 0 Å². The van der Waals surface area contributed by atoms with E-state index in [0.29, 0.717) is 13.0 Å². The number of hydrogen-bond donors (Lipinski definition) is 1. The second-order valence-electron chi connectivity index (χ2n) is 8.80. The number of benzene rings is 2. The quantitative estimate of drug-likeness (QED) is 0.512. The summed E-state index contributed by atoms with van der Waals surface area (Å²) < 4.78 is 26.3. The van der Waals surface area contributed by atoms with Gasteiger partial charge in [0.05, 0.1) is 5.56 Å². The van der Waals surface area contributed by atoms with Crippen molar-refractivity contribution in [3.63, 3.8) is 0 Å². The molecule has 1 heterocycles. The monoisotopic (exact) mass is 499 g/mol. The fourth-order valence-electron chi connectivity index (χ4n) is 4.01. The molecule has 0 aliphatic carbocycles. The summed E-state index contributed by atoms with van der Waals surface area (Å²) >= 11 is 0. The van der Waals surface area contributed by atoms with E-state index in [0.717, 1.165) is 16.3 Å². The highest BCUT2D eigenvalue weighted by Gasteiger charge is 2.40. The summed E-state index contributed by atoms with van der Waals surface area (Å²) in [6.07, 6.45) is 1.55. The van der Waals surface area contributed by atoms with Crippen LogP contribution in [0.3, 0.4) is 0 Å². The molecule has 0 saturated carbocycles. The number of fused-ring (bicyclic) bond motifs is 1. The summed E-state index contributed by atoms with van der Waals surface area (Å²) in [7, 11) is -3.91. The van der Waals surface area contributed by atoms with Crippen LogP contribution in [-0.2, 0) is 26.0 Å². The molecule has 1 N–H and O–H groups in total. The molecule has 188 valence electrons. The largest absolute Gasteiger partial charge is 0.352 e. The lowest BCUT2D eigenvalue weighted by molar-refractivity contribution is -0.140. The topological polar surface area (TPSA) is 104 Å². The molecular formula is C26H33N3O5S. The molecule has 1 aliphatic heterocycles. The van der Waals surface area contributed by atoms with Gasteiger partial charge in [-0.25, -0.2) is 12.7 Å². The zero-order valence-corrected chi connectivity index (χ0v) is 21.3. The maximum atomic E-state index is 13.2. The Morgan fingerprint density at radius 1 is 1.03 bits per heavy atom. The van der Waals surface area contributed by atoms with Crippen LogP contribution in [0.5, 0.6) is 0 Å². The van der Waals surface area contributed by atoms with Crippen LogP contribution < -0.4 is 5.32 Å². The molecule has 0 bridgehead atoms. The van der Waals surface area contributed by atoms with Gasteiger partial charge in [0.2, 0.25) is 11.8 Å². The highest BCUT2D eigenvalue weighted by molar-refractivity contribution is 7.90. The minimum Gasteiger partial charge on any atom is -0.352 e. The molecule has 2 aromatic carbocycles. The molecule has 0 fully saturated rings. The van der Waals surface area contributed by atoms with E-state index in [1.807, 2.05) is 44.2 Å². The van der Waals surface area contributed by atoms with Gasteiger partial charge >= 0.3 is 0 Å². The number of sulfonamides is 1. The smallest absolute Gasteiger partial charge is 0.269 e. The first-order valence-electron chi connectivity index (χ1n) is 12.0. The van der Waals surface area contributed by atoms with E-state index in [1.165, 1.54) is 12.1 Å². The molecule has 35 heavy (non-hydrogen) atoms. The van der Waals surface area contributed by atoms with Crippen molar-refractivity contribution in [3.8, 4) is 0 Å². The maximum Gasteiger partial charge on any atom is 0.269 e. The molecule has 0 saturated heterocycles. The van der Waals surface area contributed by atoms with Crippen LogP contribution in [0.1, 0.15) is 56.0 Å². The number of carbonyl (C=O) groups is 3. The van der Waals surface area contributed by atoms with Gasteiger partial charge in [-0.2, -0.15) is 0 Å². The molecule has 2 aromatic rings. The van der Waals surface area contributed by atoms with Gasteiger partial charge in [0.15, 0.2) is 0 Å². The highest BCUT2D eigenvalue weighted by atomic mass is 32.2. The number of nitrogens with one attached hydrogen (secondary N) is 1. The molecule has 1 aliphatic rings. The van der Waals surface area contributed by atoms with Crippen LogP contribution in [0.25, 0.3) is 0 Å². The summed E-state index contributed by atoms with van der Waals surface area (Å²) in [5.41, 5.74) is 1.20. The van der Waals surface area contributed by atoms with Crippen LogP contribution in [0.4, 0.5) is 0 Å². The average Bonchev–Trinajstić information content (AvgIpc) is 3.05. The second-order valence-corrected chi connectivity index (χ2v) is 10.6. The van der Waals surface area contributed by atoms with Gasteiger partial charge in [0, 0.05) is 25.6 Å². The third-order valence-electron chi connectivity index (χ3n) is 6.32. The van der Waals surface area contributed by atoms with E-state index in [-0.39, 0.29) is 47.7 Å². The van der Waals surface area contributed by atoms with E-state index in [1.54, 1.807) is 24.0 Å². The first-order valence-corrected chi connectivity index (χ1v) is 13.4. The molecule has 0 spiro atoms. The predicted molar refractivity (Wildman–Crippen MR) is 133 cm³/mol. The lowest BCUT2D eigenvalue weighted by Gasteiger charge is -2.30. The Hall–Kier alpha value is -3.20. The Labute approximate surface area is 207 Å². The molecule has 0 aromatic heterocycles. The van der Waals surface area contributed by atoms with Gasteiger partial charge in [0.1, 0.15) is 10.9 Å². The number of rotatable bonds is 11. The highest BCUT2D eigenvalue weighted by Crippen LogP contribution is 2.30. The van der Waals surface area contributed by atoms with Crippen molar-refractivity contribution >= 4 is 27.7 Å². The van der Waals surface area contributed by atoms with Crippen molar-refractivity contribution < 1.29 is 22.8 Å². The summed E-state index contributed by atoms with van der Waals surface area (Å²) in [6.45, 7) is 5.84. The normalized spacial score (nSPS) is 15.9. The number of amides is 3. The fourth-order valence-corrected chi connectivity index (χ4v) is 5.61. The third-order valence-corrected chi connectivity index (χ3v) is 8.16. The number of nitrogens with zero attached hydrogens (tertiary/aromatic N) is 2. The summed E-state index contributed by atoms with van der Waals surface area (Å²) in [5.74, 6) is -1.06. The lowest BCUT2D eigenvalue weighted by atomic mass is 10.1. The molecule has 8 nitrogen and oxygen atoms in total. The van der Waals surface area contributed by atoms with Crippen LogP contribution in [0.2, 0.25) is 0 Å². The minimum absolute atomic E-state index is 0.00356. The van der Waals surface area contributed by atoms with E-state index in [2.05, 4.69) is 5.32 Å². The van der Waals surface area contributed by atoms with Crippen molar-refractivity contribution in [2.75, 3.05) is 13.1 Å². The molecule has 9 heteroatoms. The van der Waals surface area contributed by atoms with Crippen molar-refractivity contribution in [2.45, 2.75) is 63.4 Å². The van der Waals surface area contributed by atoms with Crippen LogP contribution in [0, 0.1) is 0 Å². The molecule has 3 amide bonds. The molecule has 0 radical (unpaired) electrons. The molecular weight excluding hydrogens is 466 g/mol. The Kier molecular flexibility index (Phi) is 8.67. The zero-order chi connectivity index (χ0) is 25.6. The van der Waals surface area contributed by atoms with Gasteiger partial charge in [-0.05, 0) is 50.8 Å². The van der Waals surface area contributed by atoms with Gasteiger partial charge in [0.25, 0.3) is 15.9 Å². The third kappa shape index (κ3) is 6.08. The Bertz CT molecular complexity index is 1170. The Balaban J connectivity index is 1.66. The Morgan fingerprint density at radius 2 is 1.69 bits per heavy atom. The summed E-state index contributed by atoms with van der Waals surface area (Å²) in [4.78, 5) is 40.1. The second kappa shape index (κ2) is 11.5. The Morgan fingerprint density at radius 3 is 2.34 bits per heavy atom. The van der Waals surface area contributed by atoms with Gasteiger partial charge < -0.3 is 10.2 Å². The standard InChI is InChI=1S/C26H33N3O5S/c1-4-19(2)27-25(31)20(3)28(18-16-21-11-6-5-7-12-21)24(30)15-10-17-29-26(32)22-13-8-9-14-23(22)35(29,33)34/h5-9,11-14,19-20H,4,10,15-18H2,1-3H3,(H,27,31)/t19-,20-/m1/s1. The first-order chi connectivity index (χ1) is 16.7. The maximum absolute atomic E-state index is 13.2. The van der Waals surface area contributed by atoms with Crippen LogP contribution in [-0.4, -0.2) is 60.5 Å². The number of hydrogen-bond acceptors (Lipinski definition) is 5. The van der Waals surface area contributed by atoms with Crippen molar-refractivity contribution in [3.05, 3.63) is 65.7 Å². The minimum atomic E-state index is -3.91. The van der Waals surface area contributed by atoms with Crippen LogP contribution >= 0.6 is 0 Å². The SMILES string of the molecule is CC[C@@H](C)NC(=O)[C@@H](C)N(CCc1ccccc1)C(=O)CCCN1C(=O)c2ccccc2S1(=O)=O. The first kappa shape index (κ1) is 26.4. The van der Waals surface area contributed by atoms with Gasteiger partial charge in [-0.3, -0.25) is 14.4 Å². The van der Waals surface area contributed by atoms with Crippen molar-refractivity contribution in [1.29, 1.82) is 0 Å². The predicted octanol–water partition coefficient (Wildman–Crippen LogP) is 2.99. The van der Waals surface area contributed by atoms with Crippen molar-refractivity contribution in [1.82, 2.24) is 14.5 Å².